The molecule has 1 aromatic rings. The number of methoxy groups -OCH3 is 1. The summed E-state index contributed by atoms with van der Waals surface area (Å²) in [6.45, 7) is 3.82. The van der Waals surface area contributed by atoms with Crippen molar-refractivity contribution in [1.29, 1.82) is 0 Å². The quantitative estimate of drug-likeness (QED) is 0.768. The molecule has 1 atom stereocenters. The lowest BCUT2D eigenvalue weighted by atomic mass is 10.1. The monoisotopic (exact) mass is 308 g/mol. The lowest BCUT2D eigenvalue weighted by molar-refractivity contribution is -0.130. The zero-order valence-electron chi connectivity index (χ0n) is 12.8. The van der Waals surface area contributed by atoms with Crippen LogP contribution in [0.2, 0.25) is 0 Å². The largest absolute Gasteiger partial charge is 0.448 e. The van der Waals surface area contributed by atoms with Crippen molar-refractivity contribution in [3.63, 3.8) is 0 Å². The topological polar surface area (TPSA) is 108 Å². The van der Waals surface area contributed by atoms with Gasteiger partial charge in [-0.25, -0.2) is 9.59 Å². The average molecular weight is 308 g/mol. The van der Waals surface area contributed by atoms with Crippen LogP contribution in [0, 0.1) is 5.92 Å². The summed E-state index contributed by atoms with van der Waals surface area (Å²) in [6.07, 6.45) is -1.10. The molecule has 7 heteroatoms. The Balaban J connectivity index is 2.78. The van der Waals surface area contributed by atoms with Crippen LogP contribution in [0.15, 0.2) is 24.3 Å². The van der Waals surface area contributed by atoms with Crippen LogP contribution in [-0.4, -0.2) is 31.1 Å². The summed E-state index contributed by atoms with van der Waals surface area (Å²) in [5.74, 6) is -1.70. The van der Waals surface area contributed by atoms with E-state index in [1.165, 1.54) is 0 Å². The van der Waals surface area contributed by atoms with Gasteiger partial charge in [-0.15, -0.1) is 0 Å². The summed E-state index contributed by atoms with van der Waals surface area (Å²) in [5, 5.41) is 1.91. The molecule has 0 aromatic heterocycles. The van der Waals surface area contributed by atoms with Gasteiger partial charge in [0.15, 0.2) is 6.10 Å². The summed E-state index contributed by atoms with van der Waals surface area (Å²) in [6, 6.07) is 5.64. The molecule has 3 amide bonds. The second-order valence-electron chi connectivity index (χ2n) is 5.05. The van der Waals surface area contributed by atoms with Crippen molar-refractivity contribution < 1.29 is 23.9 Å². The molecule has 0 saturated heterocycles. The number of carbonyl (C=O) groups is 3. The van der Waals surface area contributed by atoms with Crippen molar-refractivity contribution >= 4 is 17.9 Å². The van der Waals surface area contributed by atoms with Crippen LogP contribution in [0.3, 0.4) is 0 Å². The second kappa shape index (κ2) is 8.14. The minimum Gasteiger partial charge on any atom is -0.448 e. The van der Waals surface area contributed by atoms with Crippen molar-refractivity contribution in [2.45, 2.75) is 26.6 Å². The van der Waals surface area contributed by atoms with Gasteiger partial charge < -0.3 is 15.2 Å². The molecule has 0 saturated carbocycles. The van der Waals surface area contributed by atoms with Crippen molar-refractivity contribution in [2.75, 3.05) is 7.11 Å². The Labute approximate surface area is 128 Å². The van der Waals surface area contributed by atoms with E-state index >= 15 is 0 Å². The highest BCUT2D eigenvalue weighted by atomic mass is 16.5. The standard InChI is InChI=1S/C15H20N2O5/c1-9(2)12(13(18)17-15(16)20)22-14(19)11-6-4-10(5-7-11)8-21-3/h4-7,9,12H,8H2,1-3H3,(H3,16,17,18,20)/t12-/m0/s1. The van der Waals surface area contributed by atoms with E-state index in [1.807, 2.05) is 5.32 Å². The van der Waals surface area contributed by atoms with Gasteiger partial charge in [-0.05, 0) is 23.6 Å². The van der Waals surface area contributed by atoms with Crippen LogP contribution in [-0.2, 0) is 20.9 Å². The van der Waals surface area contributed by atoms with Crippen LogP contribution in [0.4, 0.5) is 4.79 Å². The number of esters is 1. The number of benzene rings is 1. The fraction of sp³-hybridized carbons (Fsp3) is 0.400. The van der Waals surface area contributed by atoms with E-state index < -0.39 is 24.0 Å². The molecule has 0 fully saturated rings. The lowest BCUT2D eigenvalue weighted by Gasteiger charge is -2.19. The predicted octanol–water partition coefficient (Wildman–Crippen LogP) is 1.21. The Bertz CT molecular complexity index is 539. The first-order valence-corrected chi connectivity index (χ1v) is 6.74. The summed E-state index contributed by atoms with van der Waals surface area (Å²) in [7, 11) is 1.58. The highest BCUT2D eigenvalue weighted by molar-refractivity contribution is 5.98. The Morgan fingerprint density at radius 2 is 1.77 bits per heavy atom. The first-order chi connectivity index (χ1) is 10.3. The zero-order valence-corrected chi connectivity index (χ0v) is 12.8. The predicted molar refractivity (Wildman–Crippen MR) is 78.9 cm³/mol. The third-order valence-electron chi connectivity index (χ3n) is 2.84. The fourth-order valence-electron chi connectivity index (χ4n) is 1.77. The molecule has 0 aliphatic heterocycles. The maximum atomic E-state index is 12.1. The van der Waals surface area contributed by atoms with Crippen LogP contribution < -0.4 is 11.1 Å². The Hall–Kier alpha value is -2.41. The van der Waals surface area contributed by atoms with E-state index in [9.17, 15) is 14.4 Å². The smallest absolute Gasteiger partial charge is 0.338 e. The van der Waals surface area contributed by atoms with Crippen LogP contribution in [0.5, 0.6) is 0 Å². The van der Waals surface area contributed by atoms with Gasteiger partial charge in [0.1, 0.15) is 0 Å². The number of urea groups is 1. The first kappa shape index (κ1) is 17.6. The van der Waals surface area contributed by atoms with E-state index in [0.29, 0.717) is 12.2 Å². The highest BCUT2D eigenvalue weighted by Crippen LogP contribution is 2.12. The summed E-state index contributed by atoms with van der Waals surface area (Å²) in [4.78, 5) is 34.6. The maximum absolute atomic E-state index is 12.1. The molecule has 7 nitrogen and oxygen atoms in total. The number of ether oxygens (including phenoxy) is 2. The van der Waals surface area contributed by atoms with Crippen LogP contribution >= 0.6 is 0 Å². The fourth-order valence-corrected chi connectivity index (χ4v) is 1.77. The van der Waals surface area contributed by atoms with E-state index in [4.69, 9.17) is 15.2 Å². The highest BCUT2D eigenvalue weighted by Gasteiger charge is 2.27. The van der Waals surface area contributed by atoms with Gasteiger partial charge in [-0.3, -0.25) is 10.1 Å². The van der Waals surface area contributed by atoms with E-state index in [0.717, 1.165) is 5.56 Å². The summed E-state index contributed by atoms with van der Waals surface area (Å²) in [5.41, 5.74) is 6.11. The number of hydrogen-bond acceptors (Lipinski definition) is 5. The summed E-state index contributed by atoms with van der Waals surface area (Å²) >= 11 is 0. The number of imide groups is 1. The van der Waals surface area contributed by atoms with E-state index in [2.05, 4.69) is 0 Å². The zero-order chi connectivity index (χ0) is 16.7. The average Bonchev–Trinajstić information content (AvgIpc) is 2.44. The second-order valence-corrected chi connectivity index (χ2v) is 5.05. The number of nitrogens with one attached hydrogen (secondary N) is 1. The van der Waals surface area contributed by atoms with Crippen molar-refractivity contribution in [3.05, 3.63) is 35.4 Å². The first-order valence-electron chi connectivity index (χ1n) is 6.74. The summed E-state index contributed by atoms with van der Waals surface area (Å²) < 4.78 is 10.2. The van der Waals surface area contributed by atoms with Gasteiger partial charge in [0.25, 0.3) is 5.91 Å². The number of hydrogen-bond donors (Lipinski definition) is 2. The Kier molecular flexibility index (Phi) is 6.52. The van der Waals surface area contributed by atoms with Gasteiger partial charge in [0.2, 0.25) is 0 Å². The third-order valence-corrected chi connectivity index (χ3v) is 2.84. The Morgan fingerprint density at radius 1 is 1.18 bits per heavy atom. The molecule has 120 valence electrons. The third kappa shape index (κ3) is 5.17. The molecule has 0 heterocycles. The van der Waals surface area contributed by atoms with Crippen molar-refractivity contribution in [3.8, 4) is 0 Å². The molecule has 0 spiro atoms. The minimum atomic E-state index is -1.10. The van der Waals surface area contributed by atoms with Crippen molar-refractivity contribution in [1.82, 2.24) is 5.32 Å². The molecule has 3 N–H and O–H groups in total. The molecule has 0 unspecified atom stereocenters. The van der Waals surface area contributed by atoms with Crippen LogP contribution in [0.25, 0.3) is 0 Å². The van der Waals surface area contributed by atoms with Gasteiger partial charge in [-0.1, -0.05) is 26.0 Å². The van der Waals surface area contributed by atoms with Crippen molar-refractivity contribution in [2.24, 2.45) is 11.7 Å². The molecular weight excluding hydrogens is 288 g/mol. The maximum Gasteiger partial charge on any atom is 0.338 e. The SMILES string of the molecule is COCc1ccc(C(=O)O[C@H](C(=O)NC(N)=O)C(C)C)cc1. The van der Waals surface area contributed by atoms with E-state index in [1.54, 1.807) is 45.2 Å². The molecular formula is C15H20N2O5. The number of rotatable bonds is 6. The number of carbonyl (C=O) groups excluding carboxylic acids is 3. The normalized spacial score (nSPS) is 11.8. The minimum absolute atomic E-state index is 0.303. The lowest BCUT2D eigenvalue weighted by Crippen LogP contribution is -2.45. The van der Waals surface area contributed by atoms with Gasteiger partial charge in [-0.2, -0.15) is 0 Å². The molecule has 1 aromatic carbocycles. The molecule has 0 bridgehead atoms. The molecule has 1 rings (SSSR count). The number of nitrogens with two attached hydrogens (primary N) is 1. The van der Waals surface area contributed by atoms with Gasteiger partial charge >= 0.3 is 12.0 Å². The number of primary amides is 1. The Morgan fingerprint density at radius 3 is 2.23 bits per heavy atom. The molecule has 0 radical (unpaired) electrons. The molecule has 22 heavy (non-hydrogen) atoms. The van der Waals surface area contributed by atoms with E-state index in [-0.39, 0.29) is 5.92 Å². The van der Waals surface area contributed by atoms with Gasteiger partial charge in [0, 0.05) is 7.11 Å². The molecule has 0 aliphatic rings. The number of amides is 3. The van der Waals surface area contributed by atoms with Gasteiger partial charge in [0.05, 0.1) is 12.2 Å². The van der Waals surface area contributed by atoms with Crippen LogP contribution in [0.1, 0.15) is 29.8 Å². The molecule has 0 aliphatic carbocycles.